The van der Waals surface area contributed by atoms with Crippen molar-refractivity contribution in [1.29, 1.82) is 0 Å². The maximum absolute atomic E-state index is 10.9. The van der Waals surface area contributed by atoms with Gasteiger partial charge in [-0.2, -0.15) is 0 Å². The highest BCUT2D eigenvalue weighted by molar-refractivity contribution is 5.92. The maximum atomic E-state index is 10.9. The first kappa shape index (κ1) is 13.3. The van der Waals surface area contributed by atoms with Crippen molar-refractivity contribution < 1.29 is 19.4 Å². The van der Waals surface area contributed by atoms with Gasteiger partial charge in [0.2, 0.25) is 0 Å². The molecule has 0 fully saturated rings. The van der Waals surface area contributed by atoms with Gasteiger partial charge >= 0.3 is 5.97 Å². The smallest absolute Gasteiger partial charge is 0.333 e. The lowest BCUT2D eigenvalue weighted by atomic mass is 10.1. The van der Waals surface area contributed by atoms with Crippen LogP contribution in [0.15, 0.2) is 29.8 Å². The van der Waals surface area contributed by atoms with Gasteiger partial charge in [0.05, 0.1) is 18.8 Å². The maximum Gasteiger partial charge on any atom is 0.333 e. The fraction of sp³-hybridized carbons (Fsp3) is 0.308. The molecule has 1 N–H and O–H groups in total. The summed E-state index contributed by atoms with van der Waals surface area (Å²) in [6, 6.07) is 7.27. The Labute approximate surface area is 100 Å². The molecule has 0 saturated carbocycles. The molecule has 1 aromatic rings. The number of hydrogen-bond donors (Lipinski definition) is 1. The molecular weight excluding hydrogens is 220 g/mol. The minimum atomic E-state index is -0.978. The molecule has 92 valence electrons. The van der Waals surface area contributed by atoms with Crippen LogP contribution >= 0.6 is 0 Å². The topological polar surface area (TPSA) is 55.8 Å². The Hall–Kier alpha value is -1.81. The van der Waals surface area contributed by atoms with E-state index in [2.05, 4.69) is 0 Å². The number of rotatable bonds is 6. The molecule has 0 atom stereocenters. The molecule has 0 aromatic heterocycles. The predicted octanol–water partition coefficient (Wildman–Crippen LogP) is 2.20. The number of benzene rings is 1. The summed E-state index contributed by atoms with van der Waals surface area (Å²) in [6.45, 7) is 2.56. The van der Waals surface area contributed by atoms with E-state index >= 15 is 0 Å². The Morgan fingerprint density at radius 3 is 2.82 bits per heavy atom. The third kappa shape index (κ3) is 4.28. The first-order valence-electron chi connectivity index (χ1n) is 5.33. The molecule has 0 aliphatic heterocycles. The van der Waals surface area contributed by atoms with Crippen molar-refractivity contribution >= 4 is 12.0 Å². The first-order chi connectivity index (χ1) is 8.17. The van der Waals surface area contributed by atoms with Crippen molar-refractivity contribution in [3.05, 3.63) is 35.4 Å². The normalized spacial score (nSPS) is 11.3. The molecule has 4 nitrogen and oxygen atoms in total. The summed E-state index contributed by atoms with van der Waals surface area (Å²) in [5.41, 5.74) is 0.992. The molecule has 0 amide bonds. The zero-order chi connectivity index (χ0) is 12.7. The standard InChI is InChI=1S/C13H16O4/c1-3-17-12-6-4-5-10(8-12)7-11(9-16-2)13(14)15/h4-8H,3,9H2,1-2H3,(H,14,15)/b11-7+. The number of carboxylic acid groups (broad SMARTS) is 1. The Morgan fingerprint density at radius 1 is 1.47 bits per heavy atom. The van der Waals surface area contributed by atoms with E-state index in [-0.39, 0.29) is 12.2 Å². The fourth-order valence-electron chi connectivity index (χ4n) is 1.38. The molecule has 4 heteroatoms. The van der Waals surface area contributed by atoms with E-state index in [1.165, 1.54) is 7.11 Å². The van der Waals surface area contributed by atoms with E-state index in [9.17, 15) is 4.79 Å². The third-order valence-corrected chi connectivity index (χ3v) is 2.08. The van der Waals surface area contributed by atoms with Gasteiger partial charge < -0.3 is 14.6 Å². The largest absolute Gasteiger partial charge is 0.494 e. The lowest BCUT2D eigenvalue weighted by Crippen LogP contribution is -2.06. The van der Waals surface area contributed by atoms with Crippen molar-refractivity contribution in [2.75, 3.05) is 20.3 Å². The van der Waals surface area contributed by atoms with E-state index in [4.69, 9.17) is 14.6 Å². The highest BCUT2D eigenvalue weighted by Crippen LogP contribution is 2.16. The third-order valence-electron chi connectivity index (χ3n) is 2.08. The number of ether oxygens (including phenoxy) is 2. The number of carbonyl (C=O) groups is 1. The van der Waals surface area contributed by atoms with Crippen LogP contribution in [0.2, 0.25) is 0 Å². The molecule has 0 spiro atoms. The van der Waals surface area contributed by atoms with Crippen LogP contribution in [0.1, 0.15) is 12.5 Å². The second kappa shape index (κ2) is 6.70. The summed E-state index contributed by atoms with van der Waals surface area (Å²) in [4.78, 5) is 10.9. The van der Waals surface area contributed by atoms with Gasteiger partial charge in [0, 0.05) is 7.11 Å². The molecule has 1 rings (SSSR count). The Kier molecular flexibility index (Phi) is 5.23. The van der Waals surface area contributed by atoms with Crippen molar-refractivity contribution in [3.63, 3.8) is 0 Å². The van der Waals surface area contributed by atoms with Crippen molar-refractivity contribution in [2.45, 2.75) is 6.92 Å². The molecule has 0 aliphatic rings. The SMILES string of the molecule is CCOc1cccc(/C=C(\COC)C(=O)O)c1. The number of hydrogen-bond acceptors (Lipinski definition) is 3. The Balaban J connectivity index is 2.94. The monoisotopic (exact) mass is 236 g/mol. The molecule has 17 heavy (non-hydrogen) atoms. The quantitative estimate of drug-likeness (QED) is 0.769. The van der Waals surface area contributed by atoms with Gasteiger partial charge in [-0.1, -0.05) is 12.1 Å². The molecule has 0 aliphatic carbocycles. The highest BCUT2D eigenvalue weighted by Gasteiger charge is 2.06. The minimum absolute atomic E-state index is 0.0776. The van der Waals surface area contributed by atoms with E-state index in [1.54, 1.807) is 12.1 Å². The summed E-state index contributed by atoms with van der Waals surface area (Å²) < 4.78 is 10.2. The van der Waals surface area contributed by atoms with Crippen LogP contribution < -0.4 is 4.74 Å². The Bertz CT molecular complexity index is 410. The van der Waals surface area contributed by atoms with Crippen LogP contribution in [0.5, 0.6) is 5.75 Å². The van der Waals surface area contributed by atoms with Crippen LogP contribution in [-0.2, 0) is 9.53 Å². The van der Waals surface area contributed by atoms with Crippen molar-refractivity contribution in [2.24, 2.45) is 0 Å². The second-order valence-corrected chi connectivity index (χ2v) is 3.41. The number of carboxylic acids is 1. The van der Waals surface area contributed by atoms with Gasteiger partial charge in [0.15, 0.2) is 0 Å². The summed E-state index contributed by atoms with van der Waals surface area (Å²) in [7, 11) is 1.47. The number of aliphatic carboxylic acids is 1. The van der Waals surface area contributed by atoms with Gasteiger partial charge in [-0.15, -0.1) is 0 Å². The summed E-state index contributed by atoms with van der Waals surface area (Å²) in [5.74, 6) is -0.253. The van der Waals surface area contributed by atoms with E-state index in [0.717, 1.165) is 11.3 Å². The first-order valence-corrected chi connectivity index (χ1v) is 5.33. The van der Waals surface area contributed by atoms with Crippen LogP contribution in [0.25, 0.3) is 6.08 Å². The average molecular weight is 236 g/mol. The lowest BCUT2D eigenvalue weighted by Gasteiger charge is -2.04. The molecule has 0 radical (unpaired) electrons. The zero-order valence-electron chi connectivity index (χ0n) is 9.97. The van der Waals surface area contributed by atoms with E-state index < -0.39 is 5.97 Å². The van der Waals surface area contributed by atoms with Gasteiger partial charge in [-0.25, -0.2) is 4.79 Å². The van der Waals surface area contributed by atoms with Crippen LogP contribution in [0.3, 0.4) is 0 Å². The Morgan fingerprint density at radius 2 is 2.24 bits per heavy atom. The molecule has 1 aromatic carbocycles. The molecule has 0 saturated heterocycles. The molecule has 0 unspecified atom stereocenters. The van der Waals surface area contributed by atoms with Gasteiger partial charge in [-0.3, -0.25) is 0 Å². The van der Waals surface area contributed by atoms with Gasteiger partial charge in [-0.05, 0) is 30.7 Å². The summed E-state index contributed by atoms with van der Waals surface area (Å²) in [5, 5.41) is 8.96. The predicted molar refractivity (Wildman–Crippen MR) is 65.1 cm³/mol. The lowest BCUT2D eigenvalue weighted by molar-refractivity contribution is -0.133. The van der Waals surface area contributed by atoms with Crippen molar-refractivity contribution in [3.8, 4) is 5.75 Å². The molecule has 0 bridgehead atoms. The highest BCUT2D eigenvalue weighted by atomic mass is 16.5. The van der Waals surface area contributed by atoms with Crippen LogP contribution in [0.4, 0.5) is 0 Å². The second-order valence-electron chi connectivity index (χ2n) is 3.41. The zero-order valence-corrected chi connectivity index (χ0v) is 9.97. The number of methoxy groups -OCH3 is 1. The van der Waals surface area contributed by atoms with E-state index in [0.29, 0.717) is 6.61 Å². The van der Waals surface area contributed by atoms with Crippen LogP contribution in [-0.4, -0.2) is 31.4 Å². The summed E-state index contributed by atoms with van der Waals surface area (Å²) in [6.07, 6.45) is 1.58. The van der Waals surface area contributed by atoms with Crippen molar-refractivity contribution in [1.82, 2.24) is 0 Å². The van der Waals surface area contributed by atoms with Gasteiger partial charge in [0.25, 0.3) is 0 Å². The van der Waals surface area contributed by atoms with Crippen LogP contribution in [0, 0.1) is 0 Å². The van der Waals surface area contributed by atoms with Gasteiger partial charge in [0.1, 0.15) is 5.75 Å². The molecular formula is C13H16O4. The average Bonchev–Trinajstić information content (AvgIpc) is 2.29. The minimum Gasteiger partial charge on any atom is -0.494 e. The summed E-state index contributed by atoms with van der Waals surface area (Å²) >= 11 is 0. The van der Waals surface area contributed by atoms with E-state index in [1.807, 2.05) is 25.1 Å². The fourth-order valence-corrected chi connectivity index (χ4v) is 1.38. The molecule has 0 heterocycles.